The second kappa shape index (κ2) is 4.65. The van der Waals surface area contributed by atoms with Crippen LogP contribution in [0.15, 0.2) is 24.5 Å². The Labute approximate surface area is 103 Å². The lowest BCUT2D eigenvalue weighted by Gasteiger charge is -2.48. The second-order valence-corrected chi connectivity index (χ2v) is 5.36. The predicted molar refractivity (Wildman–Crippen MR) is 70.3 cm³/mol. The Bertz CT molecular complexity index is 365. The second-order valence-electron chi connectivity index (χ2n) is 5.36. The number of rotatable bonds is 1. The molecule has 0 N–H and O–H groups in total. The van der Waals surface area contributed by atoms with E-state index in [1.807, 2.05) is 18.5 Å². The van der Waals surface area contributed by atoms with Crippen LogP contribution in [0.1, 0.15) is 26.2 Å². The summed E-state index contributed by atoms with van der Waals surface area (Å²) in [6.07, 6.45) is 8.00. The van der Waals surface area contributed by atoms with Crippen molar-refractivity contribution in [2.24, 2.45) is 0 Å². The smallest absolute Gasteiger partial charge is 0.0556 e. The van der Waals surface area contributed by atoms with E-state index in [0.717, 1.165) is 6.04 Å². The van der Waals surface area contributed by atoms with Gasteiger partial charge >= 0.3 is 0 Å². The van der Waals surface area contributed by atoms with Crippen molar-refractivity contribution in [3.05, 3.63) is 24.5 Å². The van der Waals surface area contributed by atoms with Gasteiger partial charge in [0.15, 0.2) is 0 Å². The van der Waals surface area contributed by atoms with Crippen molar-refractivity contribution in [2.45, 2.75) is 38.3 Å². The number of aromatic nitrogens is 1. The number of fused-ring (bicyclic) bond motifs is 1. The number of anilines is 1. The number of piperidine rings is 1. The van der Waals surface area contributed by atoms with Crippen molar-refractivity contribution < 1.29 is 0 Å². The summed E-state index contributed by atoms with van der Waals surface area (Å²) >= 11 is 0. The topological polar surface area (TPSA) is 19.4 Å². The van der Waals surface area contributed by atoms with Crippen LogP contribution in [0.5, 0.6) is 0 Å². The first kappa shape index (κ1) is 11.0. The Kier molecular flexibility index (Phi) is 3.02. The Morgan fingerprint density at radius 3 is 3.06 bits per heavy atom. The minimum atomic E-state index is 0.605. The highest BCUT2D eigenvalue weighted by molar-refractivity contribution is 5.45. The van der Waals surface area contributed by atoms with Crippen LogP contribution < -0.4 is 4.90 Å². The standard InChI is InChI=1S/C14H21N3/c1-12-10-16-8-3-2-5-14(16)11-17(12)13-6-4-7-15-9-13/h4,6-7,9,12,14H,2-3,5,8,10-11H2,1H3. The molecule has 1 aromatic rings. The van der Waals surface area contributed by atoms with Gasteiger partial charge in [-0.2, -0.15) is 0 Å². The van der Waals surface area contributed by atoms with E-state index < -0.39 is 0 Å². The van der Waals surface area contributed by atoms with Crippen LogP contribution in [0.3, 0.4) is 0 Å². The highest BCUT2D eigenvalue weighted by Gasteiger charge is 2.32. The molecule has 92 valence electrons. The molecule has 2 atom stereocenters. The van der Waals surface area contributed by atoms with Crippen LogP contribution in [-0.2, 0) is 0 Å². The van der Waals surface area contributed by atoms with E-state index in [0.29, 0.717) is 6.04 Å². The maximum absolute atomic E-state index is 4.24. The fraction of sp³-hybridized carbons (Fsp3) is 0.643. The van der Waals surface area contributed by atoms with Crippen molar-refractivity contribution in [3.8, 4) is 0 Å². The number of piperazine rings is 1. The van der Waals surface area contributed by atoms with E-state index in [2.05, 4.69) is 27.8 Å². The van der Waals surface area contributed by atoms with Gasteiger partial charge < -0.3 is 4.90 Å². The van der Waals surface area contributed by atoms with Crippen LogP contribution in [0.2, 0.25) is 0 Å². The molecule has 0 bridgehead atoms. The van der Waals surface area contributed by atoms with Gasteiger partial charge in [0.25, 0.3) is 0 Å². The quantitative estimate of drug-likeness (QED) is 0.738. The molecule has 0 aromatic carbocycles. The van der Waals surface area contributed by atoms with Gasteiger partial charge in [-0.15, -0.1) is 0 Å². The summed E-state index contributed by atoms with van der Waals surface area (Å²) in [5, 5.41) is 0. The Hall–Kier alpha value is -1.09. The van der Waals surface area contributed by atoms with E-state index in [-0.39, 0.29) is 0 Å². The van der Waals surface area contributed by atoms with Gasteiger partial charge in [0, 0.05) is 31.4 Å². The summed E-state index contributed by atoms with van der Waals surface area (Å²) in [7, 11) is 0. The predicted octanol–water partition coefficient (Wildman–Crippen LogP) is 2.14. The molecule has 3 heterocycles. The molecule has 0 aliphatic carbocycles. The molecule has 0 spiro atoms. The summed E-state index contributed by atoms with van der Waals surface area (Å²) in [5.74, 6) is 0. The van der Waals surface area contributed by atoms with E-state index in [9.17, 15) is 0 Å². The molecule has 2 aliphatic heterocycles. The molecule has 3 rings (SSSR count). The zero-order chi connectivity index (χ0) is 11.7. The molecule has 0 radical (unpaired) electrons. The molecule has 3 nitrogen and oxygen atoms in total. The minimum absolute atomic E-state index is 0.605. The largest absolute Gasteiger partial charge is 0.365 e. The maximum atomic E-state index is 4.24. The molecule has 0 amide bonds. The van der Waals surface area contributed by atoms with Crippen molar-refractivity contribution in [1.29, 1.82) is 0 Å². The van der Waals surface area contributed by atoms with Crippen molar-refractivity contribution in [3.63, 3.8) is 0 Å². The number of nitrogens with zero attached hydrogens (tertiary/aromatic N) is 3. The molecule has 2 saturated heterocycles. The van der Waals surface area contributed by atoms with Crippen molar-refractivity contribution in [2.75, 3.05) is 24.5 Å². The highest BCUT2D eigenvalue weighted by atomic mass is 15.3. The van der Waals surface area contributed by atoms with E-state index in [1.165, 1.54) is 44.6 Å². The summed E-state index contributed by atoms with van der Waals surface area (Å²) in [5.41, 5.74) is 1.28. The average Bonchev–Trinajstić information content (AvgIpc) is 2.39. The van der Waals surface area contributed by atoms with Crippen LogP contribution >= 0.6 is 0 Å². The van der Waals surface area contributed by atoms with E-state index >= 15 is 0 Å². The molecule has 3 heteroatoms. The summed E-state index contributed by atoms with van der Waals surface area (Å²) < 4.78 is 0. The first-order valence-electron chi connectivity index (χ1n) is 6.75. The fourth-order valence-corrected chi connectivity index (χ4v) is 3.24. The zero-order valence-electron chi connectivity index (χ0n) is 10.5. The molecule has 2 unspecified atom stereocenters. The normalized spacial score (nSPS) is 30.1. The minimum Gasteiger partial charge on any atom is -0.365 e. The first-order chi connectivity index (χ1) is 8.34. The molecule has 17 heavy (non-hydrogen) atoms. The van der Waals surface area contributed by atoms with Gasteiger partial charge in [-0.3, -0.25) is 9.88 Å². The summed E-state index contributed by atoms with van der Waals surface area (Å²) in [6.45, 7) is 6.01. The van der Waals surface area contributed by atoms with Crippen LogP contribution in [0, 0.1) is 0 Å². The fourth-order valence-electron chi connectivity index (χ4n) is 3.24. The lowest BCUT2D eigenvalue weighted by Crippen LogP contribution is -2.58. The average molecular weight is 231 g/mol. The van der Waals surface area contributed by atoms with Gasteiger partial charge in [0.05, 0.1) is 11.9 Å². The molecule has 0 saturated carbocycles. The Morgan fingerprint density at radius 2 is 2.24 bits per heavy atom. The zero-order valence-corrected chi connectivity index (χ0v) is 10.5. The van der Waals surface area contributed by atoms with E-state index in [4.69, 9.17) is 0 Å². The molecule has 1 aromatic heterocycles. The van der Waals surface area contributed by atoms with Crippen LogP contribution in [0.4, 0.5) is 5.69 Å². The lowest BCUT2D eigenvalue weighted by atomic mass is 9.97. The monoisotopic (exact) mass is 231 g/mol. The number of hydrogen-bond donors (Lipinski definition) is 0. The van der Waals surface area contributed by atoms with Gasteiger partial charge in [-0.1, -0.05) is 6.42 Å². The van der Waals surface area contributed by atoms with Gasteiger partial charge in [-0.05, 0) is 38.4 Å². The maximum Gasteiger partial charge on any atom is 0.0556 e. The summed E-state index contributed by atoms with van der Waals surface area (Å²) in [4.78, 5) is 9.45. The first-order valence-corrected chi connectivity index (χ1v) is 6.75. The van der Waals surface area contributed by atoms with Crippen LogP contribution in [0.25, 0.3) is 0 Å². The number of pyridine rings is 1. The van der Waals surface area contributed by atoms with Gasteiger partial charge in [0.2, 0.25) is 0 Å². The van der Waals surface area contributed by atoms with E-state index in [1.54, 1.807) is 0 Å². The number of hydrogen-bond acceptors (Lipinski definition) is 3. The van der Waals surface area contributed by atoms with Crippen LogP contribution in [-0.4, -0.2) is 41.6 Å². The van der Waals surface area contributed by atoms with Gasteiger partial charge in [-0.25, -0.2) is 0 Å². The third-order valence-electron chi connectivity index (χ3n) is 4.16. The highest BCUT2D eigenvalue weighted by Crippen LogP contribution is 2.27. The molecular weight excluding hydrogens is 210 g/mol. The third kappa shape index (κ3) is 2.16. The van der Waals surface area contributed by atoms with Crippen molar-refractivity contribution >= 4 is 5.69 Å². The SMILES string of the molecule is CC1CN2CCCCC2CN1c1cccnc1. The third-order valence-corrected chi connectivity index (χ3v) is 4.16. The van der Waals surface area contributed by atoms with Crippen molar-refractivity contribution in [1.82, 2.24) is 9.88 Å². The molecular formula is C14H21N3. The molecule has 2 aliphatic rings. The summed E-state index contributed by atoms with van der Waals surface area (Å²) in [6, 6.07) is 5.59. The van der Waals surface area contributed by atoms with Gasteiger partial charge in [0.1, 0.15) is 0 Å². The lowest BCUT2D eigenvalue weighted by molar-refractivity contribution is 0.115. The Morgan fingerprint density at radius 1 is 1.29 bits per heavy atom. The molecule has 2 fully saturated rings. The Balaban J connectivity index is 1.78.